The zero-order chi connectivity index (χ0) is 26.2. The Hall–Kier alpha value is -3.46. The van der Waals surface area contributed by atoms with E-state index in [2.05, 4.69) is 10.2 Å². The van der Waals surface area contributed by atoms with Crippen LogP contribution in [0.5, 0.6) is 0 Å². The van der Waals surface area contributed by atoms with E-state index in [1.807, 2.05) is 4.90 Å². The first-order chi connectivity index (χ1) is 17.7. The number of nitrogens with one attached hydrogen (secondary N) is 1. The summed E-state index contributed by atoms with van der Waals surface area (Å²) < 4.78 is 67.2. The van der Waals surface area contributed by atoms with Gasteiger partial charge in [-0.05, 0) is 65.6 Å². The van der Waals surface area contributed by atoms with Gasteiger partial charge >= 0.3 is 6.18 Å². The number of piperazine rings is 1. The molecule has 1 amide bonds. The van der Waals surface area contributed by atoms with Crippen molar-refractivity contribution in [2.45, 2.75) is 31.7 Å². The van der Waals surface area contributed by atoms with Crippen molar-refractivity contribution in [3.05, 3.63) is 101 Å². The molecule has 194 valence electrons. The van der Waals surface area contributed by atoms with E-state index in [0.29, 0.717) is 43.0 Å². The van der Waals surface area contributed by atoms with Gasteiger partial charge in [0.05, 0.1) is 17.5 Å². The van der Waals surface area contributed by atoms with Crippen LogP contribution >= 0.6 is 0 Å². The molecule has 5 rings (SSSR count). The number of alkyl halides is 3. The van der Waals surface area contributed by atoms with Crippen LogP contribution in [0.2, 0.25) is 0 Å². The Morgan fingerprint density at radius 1 is 0.919 bits per heavy atom. The molecule has 2 aliphatic heterocycles. The molecule has 0 unspecified atom stereocenters. The monoisotopic (exact) mass is 515 g/mol. The molecule has 3 aromatic rings. The third-order valence-corrected chi connectivity index (χ3v) is 7.14. The Kier molecular flexibility index (Phi) is 6.90. The van der Waals surface area contributed by atoms with E-state index in [1.54, 1.807) is 24.3 Å². The van der Waals surface area contributed by atoms with Crippen LogP contribution in [0.3, 0.4) is 0 Å². The lowest BCUT2D eigenvalue weighted by Gasteiger charge is -2.49. The van der Waals surface area contributed by atoms with Gasteiger partial charge in [-0.15, -0.1) is 0 Å². The minimum Gasteiger partial charge on any atom is -0.365 e. The highest BCUT2D eigenvalue weighted by molar-refractivity contribution is 5.82. The lowest BCUT2D eigenvalue weighted by Crippen LogP contribution is -2.60. The second-order valence-corrected chi connectivity index (χ2v) is 9.62. The molecule has 1 N–H and O–H groups in total. The van der Waals surface area contributed by atoms with E-state index < -0.39 is 23.5 Å². The quantitative estimate of drug-likeness (QED) is 0.477. The molecule has 0 aliphatic carbocycles. The van der Waals surface area contributed by atoms with Gasteiger partial charge in [0.2, 0.25) is 5.91 Å². The van der Waals surface area contributed by atoms with Gasteiger partial charge in [0.1, 0.15) is 11.6 Å². The first kappa shape index (κ1) is 25.2. The molecule has 9 heteroatoms. The number of anilines is 1. The van der Waals surface area contributed by atoms with Crippen molar-refractivity contribution in [1.82, 2.24) is 10.2 Å². The second-order valence-electron chi connectivity index (χ2n) is 9.62. The average Bonchev–Trinajstić information content (AvgIpc) is 2.87. The Labute approximate surface area is 211 Å². The van der Waals surface area contributed by atoms with Gasteiger partial charge in [0.25, 0.3) is 0 Å². The van der Waals surface area contributed by atoms with Crippen molar-refractivity contribution in [3.63, 3.8) is 0 Å². The van der Waals surface area contributed by atoms with Gasteiger partial charge in [-0.25, -0.2) is 8.78 Å². The SMILES string of the molecule is O=C(NCc1cccc(F)c1)[C@@H]1Cc2cc(C(F)(F)F)ccc2N2CCN(Cc3ccc(F)cc3)C[C@H]12. The number of amides is 1. The number of carbonyl (C=O) groups is 1. The first-order valence-corrected chi connectivity index (χ1v) is 12.1. The molecule has 1 saturated heterocycles. The average molecular weight is 516 g/mol. The molecular weight excluding hydrogens is 489 g/mol. The van der Waals surface area contributed by atoms with Crippen molar-refractivity contribution in [2.24, 2.45) is 5.92 Å². The number of benzene rings is 3. The van der Waals surface area contributed by atoms with Crippen molar-refractivity contribution in [1.29, 1.82) is 0 Å². The van der Waals surface area contributed by atoms with Gasteiger partial charge in [0, 0.05) is 38.4 Å². The number of hydrogen-bond donors (Lipinski definition) is 1. The maximum Gasteiger partial charge on any atom is 0.416 e. The number of nitrogens with zero attached hydrogens (tertiary/aromatic N) is 2. The summed E-state index contributed by atoms with van der Waals surface area (Å²) in [5.74, 6) is -1.61. The lowest BCUT2D eigenvalue weighted by atomic mass is 9.82. The number of halogens is 5. The van der Waals surface area contributed by atoms with Crippen molar-refractivity contribution in [2.75, 3.05) is 24.5 Å². The predicted octanol–water partition coefficient (Wildman–Crippen LogP) is 5.16. The van der Waals surface area contributed by atoms with Crippen molar-refractivity contribution < 1.29 is 26.7 Å². The highest BCUT2D eigenvalue weighted by Gasteiger charge is 2.42. The number of hydrogen-bond acceptors (Lipinski definition) is 3. The third-order valence-electron chi connectivity index (χ3n) is 7.14. The van der Waals surface area contributed by atoms with E-state index in [1.165, 1.54) is 30.3 Å². The fourth-order valence-electron chi connectivity index (χ4n) is 5.32. The summed E-state index contributed by atoms with van der Waals surface area (Å²) in [6, 6.07) is 15.6. The second kappa shape index (κ2) is 10.1. The van der Waals surface area contributed by atoms with Crippen LogP contribution in [0, 0.1) is 17.6 Å². The van der Waals surface area contributed by atoms with Gasteiger partial charge in [-0.3, -0.25) is 9.69 Å². The van der Waals surface area contributed by atoms with Gasteiger partial charge in [-0.1, -0.05) is 24.3 Å². The van der Waals surface area contributed by atoms with Crippen LogP contribution in [0.1, 0.15) is 22.3 Å². The summed E-state index contributed by atoms with van der Waals surface area (Å²) in [6.45, 7) is 2.40. The van der Waals surface area contributed by atoms with E-state index >= 15 is 0 Å². The van der Waals surface area contributed by atoms with Crippen LogP contribution in [-0.4, -0.2) is 36.5 Å². The van der Waals surface area contributed by atoms with E-state index in [-0.39, 0.29) is 30.7 Å². The molecule has 1 fully saturated rings. The maximum absolute atomic E-state index is 13.6. The van der Waals surface area contributed by atoms with E-state index in [4.69, 9.17) is 0 Å². The Morgan fingerprint density at radius 3 is 2.43 bits per heavy atom. The lowest BCUT2D eigenvalue weighted by molar-refractivity contribution is -0.137. The standard InChI is InChI=1S/C28H26F5N3O/c29-22-7-4-18(5-8-22)16-35-10-11-36-25-9-6-21(28(31,32)33)13-20(25)14-24(26(36)17-35)27(37)34-15-19-2-1-3-23(30)12-19/h1-9,12-13,24,26H,10-11,14-17H2,(H,34,37)/t24-,26-/m1/s1. The Bertz CT molecular complexity index is 1280. The fraction of sp³-hybridized carbons (Fsp3) is 0.321. The highest BCUT2D eigenvalue weighted by atomic mass is 19.4. The summed E-state index contributed by atoms with van der Waals surface area (Å²) in [5, 5.41) is 2.86. The topological polar surface area (TPSA) is 35.6 Å². The molecule has 0 saturated carbocycles. The number of carbonyl (C=O) groups excluding carboxylic acids is 1. The summed E-state index contributed by atoms with van der Waals surface area (Å²) in [6.07, 6.45) is -4.31. The van der Waals surface area contributed by atoms with Crippen LogP contribution in [0.15, 0.2) is 66.7 Å². The Morgan fingerprint density at radius 2 is 1.70 bits per heavy atom. The minimum atomic E-state index is -4.48. The van der Waals surface area contributed by atoms with E-state index in [0.717, 1.165) is 17.7 Å². The summed E-state index contributed by atoms with van der Waals surface area (Å²) >= 11 is 0. The van der Waals surface area contributed by atoms with Gasteiger partial charge < -0.3 is 10.2 Å². The molecular formula is C28H26F5N3O. The van der Waals surface area contributed by atoms with Crippen molar-refractivity contribution in [3.8, 4) is 0 Å². The molecule has 0 aromatic heterocycles. The van der Waals surface area contributed by atoms with Crippen LogP contribution in [-0.2, 0) is 30.5 Å². The number of rotatable bonds is 5. The van der Waals surface area contributed by atoms with Crippen LogP contribution in [0.4, 0.5) is 27.6 Å². The van der Waals surface area contributed by atoms with Crippen LogP contribution in [0.25, 0.3) is 0 Å². The first-order valence-electron chi connectivity index (χ1n) is 12.1. The highest BCUT2D eigenvalue weighted by Crippen LogP contribution is 2.40. The van der Waals surface area contributed by atoms with Crippen molar-refractivity contribution >= 4 is 11.6 Å². The Balaban J connectivity index is 1.40. The zero-order valence-electron chi connectivity index (χ0n) is 19.9. The third kappa shape index (κ3) is 5.61. The summed E-state index contributed by atoms with van der Waals surface area (Å²) in [5.41, 5.74) is 2.01. The summed E-state index contributed by atoms with van der Waals surface area (Å²) in [4.78, 5) is 17.6. The zero-order valence-corrected chi connectivity index (χ0v) is 19.9. The molecule has 2 heterocycles. The molecule has 0 bridgehead atoms. The van der Waals surface area contributed by atoms with Crippen LogP contribution < -0.4 is 10.2 Å². The minimum absolute atomic E-state index is 0.120. The predicted molar refractivity (Wildman–Crippen MR) is 130 cm³/mol. The number of fused-ring (bicyclic) bond motifs is 3. The normalized spacial score (nSPS) is 19.8. The fourth-order valence-corrected chi connectivity index (χ4v) is 5.32. The molecule has 0 radical (unpaired) electrons. The van der Waals surface area contributed by atoms with Gasteiger partial charge in [0.15, 0.2) is 0 Å². The molecule has 2 atom stereocenters. The van der Waals surface area contributed by atoms with Gasteiger partial charge in [-0.2, -0.15) is 13.2 Å². The molecule has 0 spiro atoms. The smallest absolute Gasteiger partial charge is 0.365 e. The molecule has 3 aromatic carbocycles. The largest absolute Gasteiger partial charge is 0.416 e. The molecule has 2 aliphatic rings. The molecule has 37 heavy (non-hydrogen) atoms. The molecule has 4 nitrogen and oxygen atoms in total. The maximum atomic E-state index is 13.6. The van der Waals surface area contributed by atoms with E-state index in [9.17, 15) is 26.7 Å². The summed E-state index contributed by atoms with van der Waals surface area (Å²) in [7, 11) is 0.